The fraction of sp³-hybridized carbons (Fsp3) is 0.467. The molecule has 2 aromatic carbocycles. The van der Waals surface area contributed by atoms with Gasteiger partial charge in [0, 0.05) is 13.1 Å². The number of benzene rings is 2. The van der Waals surface area contributed by atoms with Crippen LogP contribution in [0.2, 0.25) is 0 Å². The summed E-state index contributed by atoms with van der Waals surface area (Å²) in [7, 11) is 1.50. The van der Waals surface area contributed by atoms with Crippen molar-refractivity contribution in [1.82, 2.24) is 20.9 Å². The van der Waals surface area contributed by atoms with E-state index in [0.29, 0.717) is 37.6 Å². The molecule has 42 heavy (non-hydrogen) atoms. The average Bonchev–Trinajstić information content (AvgIpc) is 3.85. The highest BCUT2D eigenvalue weighted by atomic mass is 16.6. The van der Waals surface area contributed by atoms with Gasteiger partial charge in [-0.25, -0.2) is 0 Å². The molecule has 0 saturated carbocycles. The van der Waals surface area contributed by atoms with Crippen LogP contribution in [-0.4, -0.2) is 104 Å². The quantitative estimate of drug-likeness (QED) is 0.220. The number of nitrogens with one attached hydrogen (secondary N) is 3. The largest absolute Gasteiger partial charge is 0.497 e. The Balaban J connectivity index is 1.48. The van der Waals surface area contributed by atoms with Gasteiger partial charge in [-0.1, -0.05) is 42.5 Å². The number of methoxy groups -OCH3 is 1. The number of morpholine rings is 1. The molecule has 12 nitrogen and oxygen atoms in total. The van der Waals surface area contributed by atoms with Gasteiger partial charge < -0.3 is 35.3 Å². The Bertz CT molecular complexity index is 1220. The van der Waals surface area contributed by atoms with E-state index in [2.05, 4.69) is 16.0 Å². The van der Waals surface area contributed by atoms with Gasteiger partial charge in [0.15, 0.2) is 5.78 Å². The number of ether oxygens (including phenoxy) is 3. The van der Waals surface area contributed by atoms with E-state index in [9.17, 15) is 24.3 Å². The van der Waals surface area contributed by atoms with Crippen LogP contribution in [0.25, 0.3) is 0 Å². The summed E-state index contributed by atoms with van der Waals surface area (Å²) in [5, 5.41) is 19.2. The van der Waals surface area contributed by atoms with Gasteiger partial charge in [-0.05, 0) is 36.6 Å². The number of amides is 3. The number of aliphatic hydroxyl groups excluding tert-OH is 1. The fourth-order valence-electron chi connectivity index (χ4n) is 4.65. The zero-order valence-electron chi connectivity index (χ0n) is 23.8. The molecule has 0 unspecified atom stereocenters. The molecular formula is C30H38N4O8. The summed E-state index contributed by atoms with van der Waals surface area (Å²) in [6.07, 6.45) is -1.88. The highest BCUT2D eigenvalue weighted by Crippen LogP contribution is 2.22. The third kappa shape index (κ3) is 8.83. The number of rotatable bonds is 14. The molecule has 4 N–H and O–H groups in total. The Hall–Kier alpha value is -3.84. The van der Waals surface area contributed by atoms with Crippen LogP contribution < -0.4 is 20.7 Å². The number of ketones is 1. The number of hydrogen-bond acceptors (Lipinski definition) is 9. The van der Waals surface area contributed by atoms with Crippen molar-refractivity contribution in [3.63, 3.8) is 0 Å². The number of epoxide rings is 1. The Labute approximate surface area is 244 Å². The number of carbonyl (C=O) groups is 4. The number of carbonyl (C=O) groups excluding carboxylic acids is 4. The molecule has 2 heterocycles. The van der Waals surface area contributed by atoms with Crippen LogP contribution in [-0.2, 0) is 35.1 Å². The molecule has 12 heteroatoms. The van der Waals surface area contributed by atoms with Crippen LogP contribution in [0.15, 0.2) is 54.6 Å². The minimum Gasteiger partial charge on any atom is -0.497 e. The third-order valence-corrected chi connectivity index (χ3v) is 7.19. The molecule has 226 valence electrons. The van der Waals surface area contributed by atoms with Gasteiger partial charge >= 0.3 is 0 Å². The smallest absolute Gasteiger partial charge is 0.246 e. The molecule has 0 bridgehead atoms. The number of aliphatic hydroxyl groups is 1. The Morgan fingerprint density at radius 3 is 2.26 bits per heavy atom. The summed E-state index contributed by atoms with van der Waals surface area (Å²) in [5.74, 6) is -1.53. The number of Topliss-reactive ketones (excluding diaryl/α,β-unsaturated/α-hetero) is 1. The highest BCUT2D eigenvalue weighted by Gasteiger charge is 2.39. The van der Waals surface area contributed by atoms with Gasteiger partial charge in [0.2, 0.25) is 17.7 Å². The molecule has 2 saturated heterocycles. The van der Waals surface area contributed by atoms with Crippen molar-refractivity contribution in [2.75, 3.05) is 46.6 Å². The van der Waals surface area contributed by atoms with Crippen LogP contribution in [0, 0.1) is 0 Å². The molecule has 4 rings (SSSR count). The van der Waals surface area contributed by atoms with Crippen molar-refractivity contribution in [3.05, 3.63) is 65.7 Å². The lowest BCUT2D eigenvalue weighted by atomic mass is 9.97. The lowest BCUT2D eigenvalue weighted by Gasteiger charge is -2.28. The van der Waals surface area contributed by atoms with Gasteiger partial charge in [-0.15, -0.1) is 0 Å². The van der Waals surface area contributed by atoms with Crippen molar-refractivity contribution < 1.29 is 38.5 Å². The maximum Gasteiger partial charge on any atom is 0.246 e. The van der Waals surface area contributed by atoms with E-state index in [0.717, 1.165) is 5.56 Å². The van der Waals surface area contributed by atoms with Crippen molar-refractivity contribution >= 4 is 23.5 Å². The molecule has 2 fully saturated rings. The zero-order valence-corrected chi connectivity index (χ0v) is 23.8. The highest BCUT2D eigenvalue weighted by molar-refractivity contribution is 5.97. The summed E-state index contributed by atoms with van der Waals surface area (Å²) < 4.78 is 15.6. The van der Waals surface area contributed by atoms with E-state index in [-0.39, 0.29) is 31.3 Å². The van der Waals surface area contributed by atoms with E-state index in [1.54, 1.807) is 24.3 Å². The summed E-state index contributed by atoms with van der Waals surface area (Å²) in [6.45, 7) is 4.15. The first-order valence-corrected chi connectivity index (χ1v) is 14.0. The monoisotopic (exact) mass is 582 g/mol. The Morgan fingerprint density at radius 1 is 0.976 bits per heavy atom. The van der Waals surface area contributed by atoms with E-state index in [1.807, 2.05) is 35.2 Å². The van der Waals surface area contributed by atoms with Gasteiger partial charge in [0.25, 0.3) is 0 Å². The standard InChI is InChI=1S/C30H38N4O8/c1-19(31-25(35)17-34-12-14-41-15-13-34)29(38)33-26(27(36)21-8-10-22(40-2)11-9-21)30(39)32-23(28(37)24-18-42-24)16-20-6-4-3-5-7-20/h3-11,19,23-24,26-27,36H,12-18H2,1-2H3,(H,31,35)(H,32,39)(H,33,38)/t19-,23-,24+,26-,27+/m0/s1. The lowest BCUT2D eigenvalue weighted by molar-refractivity contribution is -0.136. The van der Waals surface area contributed by atoms with Gasteiger partial charge in [-0.2, -0.15) is 0 Å². The molecule has 5 atom stereocenters. The first-order valence-electron chi connectivity index (χ1n) is 14.0. The Kier molecular flexibility index (Phi) is 11.0. The zero-order chi connectivity index (χ0) is 30.1. The first kappa shape index (κ1) is 31.1. The van der Waals surface area contributed by atoms with E-state index in [4.69, 9.17) is 14.2 Å². The normalized spacial score (nSPS) is 19.5. The minimum absolute atomic E-state index is 0.103. The second-order valence-electron chi connectivity index (χ2n) is 10.4. The molecule has 0 aliphatic carbocycles. The summed E-state index contributed by atoms with van der Waals surface area (Å²) >= 11 is 0. The first-order chi connectivity index (χ1) is 20.2. The molecule has 3 amide bonds. The summed E-state index contributed by atoms with van der Waals surface area (Å²) in [5.41, 5.74) is 1.17. The average molecular weight is 583 g/mol. The van der Waals surface area contributed by atoms with Crippen molar-refractivity contribution in [3.8, 4) is 5.75 Å². The molecule has 0 aromatic heterocycles. The van der Waals surface area contributed by atoms with Gasteiger partial charge in [0.1, 0.15) is 30.0 Å². The van der Waals surface area contributed by atoms with E-state index >= 15 is 0 Å². The SMILES string of the molecule is COc1ccc([C@@H](O)[C@H](NC(=O)[C@H](C)NC(=O)CN2CCOCC2)C(=O)N[C@@H](Cc2ccccc2)C(=O)[C@H]2CO2)cc1. The van der Waals surface area contributed by atoms with Crippen LogP contribution in [0.5, 0.6) is 5.75 Å². The van der Waals surface area contributed by atoms with Gasteiger partial charge in [0.05, 0.1) is 39.5 Å². The third-order valence-electron chi connectivity index (χ3n) is 7.19. The van der Waals surface area contributed by atoms with E-state index < -0.39 is 42.1 Å². The number of hydrogen-bond donors (Lipinski definition) is 4. The summed E-state index contributed by atoms with van der Waals surface area (Å²) in [6, 6.07) is 12.2. The lowest BCUT2D eigenvalue weighted by Crippen LogP contribution is -2.58. The van der Waals surface area contributed by atoms with E-state index in [1.165, 1.54) is 14.0 Å². The molecule has 0 spiro atoms. The second kappa shape index (κ2) is 14.9. The maximum absolute atomic E-state index is 13.7. The van der Waals surface area contributed by atoms with Crippen LogP contribution in [0.1, 0.15) is 24.2 Å². The topological polar surface area (TPSA) is 159 Å². The van der Waals surface area contributed by atoms with Crippen molar-refractivity contribution in [1.29, 1.82) is 0 Å². The summed E-state index contributed by atoms with van der Waals surface area (Å²) in [4.78, 5) is 54.4. The maximum atomic E-state index is 13.7. The second-order valence-corrected chi connectivity index (χ2v) is 10.4. The van der Waals surface area contributed by atoms with Gasteiger partial charge in [-0.3, -0.25) is 24.1 Å². The van der Waals surface area contributed by atoms with Crippen molar-refractivity contribution in [2.24, 2.45) is 0 Å². The van der Waals surface area contributed by atoms with Crippen LogP contribution in [0.3, 0.4) is 0 Å². The minimum atomic E-state index is -1.48. The predicted molar refractivity (Wildman–Crippen MR) is 152 cm³/mol. The molecule has 2 aliphatic heterocycles. The molecule has 2 aromatic rings. The predicted octanol–water partition coefficient (Wildman–Crippen LogP) is -0.254. The Morgan fingerprint density at radius 2 is 1.64 bits per heavy atom. The van der Waals surface area contributed by atoms with Crippen LogP contribution >= 0.6 is 0 Å². The van der Waals surface area contributed by atoms with Crippen molar-refractivity contribution in [2.45, 2.75) is 43.7 Å². The number of nitrogens with zero attached hydrogens (tertiary/aromatic N) is 1. The molecule has 0 radical (unpaired) electrons. The molecular weight excluding hydrogens is 544 g/mol. The fourth-order valence-corrected chi connectivity index (χ4v) is 4.65. The molecule has 2 aliphatic rings. The van der Waals surface area contributed by atoms with Crippen LogP contribution in [0.4, 0.5) is 0 Å².